The van der Waals surface area contributed by atoms with E-state index in [2.05, 4.69) is 114 Å². The summed E-state index contributed by atoms with van der Waals surface area (Å²) in [5.41, 5.74) is 12.6. The molecule has 318 valence electrons. The van der Waals surface area contributed by atoms with Crippen LogP contribution in [0.4, 0.5) is 0 Å². The van der Waals surface area contributed by atoms with Gasteiger partial charge in [-0.05, 0) is 40.3 Å². The van der Waals surface area contributed by atoms with Crippen molar-refractivity contribution in [2.75, 3.05) is 0 Å². The Hall–Kier alpha value is -9.40. The highest BCUT2D eigenvalue weighted by Gasteiger charge is 2.16. The third kappa shape index (κ3) is 7.92. The molecule has 0 fully saturated rings. The van der Waals surface area contributed by atoms with Gasteiger partial charge in [0.1, 0.15) is 0 Å². The van der Waals surface area contributed by atoms with Crippen LogP contribution in [0, 0.1) is 0 Å². The van der Waals surface area contributed by atoms with Crippen molar-refractivity contribution in [3.05, 3.63) is 231 Å². The van der Waals surface area contributed by atoms with Gasteiger partial charge in [0.25, 0.3) is 0 Å². The monoisotopic (exact) mass is 870 g/mol. The molecule has 4 aromatic heterocycles. The third-order valence-electron chi connectivity index (χ3n) is 12.1. The van der Waals surface area contributed by atoms with Crippen LogP contribution in [-0.4, -0.2) is 39.9 Å². The number of nitrogens with zero attached hydrogens (tertiary/aromatic N) is 8. The number of fused-ring (bicyclic) bond motifs is 2. The van der Waals surface area contributed by atoms with Crippen LogP contribution < -0.4 is 0 Å². The molecule has 0 bridgehead atoms. The maximum absolute atomic E-state index is 5.05. The SMILES string of the molecule is c1ccc(-c2nc(-c3ccc(-c4cnc5ccccc5c4)cc3)nc(-c3ccc(-c4cccc5c(-c6ccc(-c7nc(-c8ccccc8)nc(-c8ccccc8)n7)cc6)nccc45)cc3)n2)cc1. The van der Waals surface area contributed by atoms with Gasteiger partial charge >= 0.3 is 0 Å². The second-order valence-corrected chi connectivity index (χ2v) is 16.4. The summed E-state index contributed by atoms with van der Waals surface area (Å²) in [6.07, 6.45) is 3.81. The molecule has 0 aliphatic heterocycles. The molecule has 12 aromatic rings. The largest absolute Gasteiger partial charge is 0.256 e. The summed E-state index contributed by atoms with van der Waals surface area (Å²) < 4.78 is 0. The van der Waals surface area contributed by atoms with Gasteiger partial charge in [-0.15, -0.1) is 0 Å². The molecule has 0 amide bonds. The molecule has 0 radical (unpaired) electrons. The minimum absolute atomic E-state index is 0.598. The molecular formula is C60H38N8. The first-order chi connectivity index (χ1) is 33.7. The molecule has 8 aromatic carbocycles. The van der Waals surface area contributed by atoms with Gasteiger partial charge in [-0.25, -0.2) is 29.9 Å². The zero-order valence-electron chi connectivity index (χ0n) is 36.5. The summed E-state index contributed by atoms with van der Waals surface area (Å²) in [7, 11) is 0. The van der Waals surface area contributed by atoms with Crippen molar-refractivity contribution in [3.63, 3.8) is 0 Å². The van der Waals surface area contributed by atoms with Gasteiger partial charge in [0.15, 0.2) is 34.9 Å². The number of benzene rings is 8. The van der Waals surface area contributed by atoms with Crippen molar-refractivity contribution in [1.82, 2.24) is 39.9 Å². The van der Waals surface area contributed by atoms with E-state index in [-0.39, 0.29) is 0 Å². The number of hydrogen-bond donors (Lipinski definition) is 0. The number of hydrogen-bond acceptors (Lipinski definition) is 8. The summed E-state index contributed by atoms with van der Waals surface area (Å²) in [6.45, 7) is 0. The molecule has 68 heavy (non-hydrogen) atoms. The van der Waals surface area contributed by atoms with Crippen LogP contribution in [0.2, 0.25) is 0 Å². The van der Waals surface area contributed by atoms with E-state index in [0.717, 1.165) is 88.6 Å². The molecule has 0 atom stereocenters. The van der Waals surface area contributed by atoms with Crippen molar-refractivity contribution < 1.29 is 0 Å². The summed E-state index contributed by atoms with van der Waals surface area (Å²) in [6, 6.07) is 74.0. The van der Waals surface area contributed by atoms with Crippen LogP contribution in [0.1, 0.15) is 0 Å². The fraction of sp³-hybridized carbons (Fsp3) is 0. The van der Waals surface area contributed by atoms with Crippen LogP contribution in [0.3, 0.4) is 0 Å². The Labute approximate surface area is 392 Å². The van der Waals surface area contributed by atoms with Crippen molar-refractivity contribution in [2.45, 2.75) is 0 Å². The van der Waals surface area contributed by atoms with Gasteiger partial charge in [0.2, 0.25) is 0 Å². The van der Waals surface area contributed by atoms with Gasteiger partial charge in [-0.2, -0.15) is 0 Å². The quantitative estimate of drug-likeness (QED) is 0.141. The predicted octanol–water partition coefficient (Wildman–Crippen LogP) is 14.2. The maximum atomic E-state index is 5.05. The highest BCUT2D eigenvalue weighted by atomic mass is 15.0. The van der Waals surface area contributed by atoms with Gasteiger partial charge in [0.05, 0.1) is 11.2 Å². The molecule has 8 nitrogen and oxygen atoms in total. The van der Waals surface area contributed by atoms with Crippen molar-refractivity contribution in [1.29, 1.82) is 0 Å². The van der Waals surface area contributed by atoms with Crippen molar-refractivity contribution in [3.8, 4) is 102 Å². The average Bonchev–Trinajstić information content (AvgIpc) is 3.43. The van der Waals surface area contributed by atoms with E-state index in [1.807, 2.05) is 122 Å². The molecule has 12 rings (SSSR count). The predicted molar refractivity (Wildman–Crippen MR) is 273 cm³/mol. The zero-order chi connectivity index (χ0) is 45.2. The summed E-state index contributed by atoms with van der Waals surface area (Å²) in [5, 5.41) is 3.26. The normalized spacial score (nSPS) is 11.2. The number of rotatable bonds is 9. The third-order valence-corrected chi connectivity index (χ3v) is 12.1. The van der Waals surface area contributed by atoms with Crippen molar-refractivity contribution >= 4 is 21.7 Å². The Kier molecular flexibility index (Phi) is 10.3. The smallest absolute Gasteiger partial charge is 0.164 e. The lowest BCUT2D eigenvalue weighted by atomic mass is 9.95. The Bertz CT molecular complexity index is 3700. The molecule has 0 saturated carbocycles. The topological polar surface area (TPSA) is 103 Å². The van der Waals surface area contributed by atoms with Gasteiger partial charge < -0.3 is 0 Å². The second-order valence-electron chi connectivity index (χ2n) is 16.4. The average molecular weight is 871 g/mol. The lowest BCUT2D eigenvalue weighted by Crippen LogP contribution is -2.00. The first kappa shape index (κ1) is 40.1. The number of aromatic nitrogens is 8. The Morgan fingerprint density at radius 3 is 1.16 bits per heavy atom. The maximum Gasteiger partial charge on any atom is 0.164 e. The molecule has 0 aliphatic carbocycles. The standard InChI is InChI=1S/C60H38N8/c1-4-13-42(14-5-1)55-63-56(43-15-6-2-7-16-43)65-60(64-55)47-33-27-41(28-34-47)54-52-21-12-20-50(51(52)35-36-61-54)40-25-31-46(32-26-40)59-67-57(44-17-8-3-9-18-44)66-58(68-59)45-29-23-39(24-30-45)49-37-48-19-10-11-22-53(48)62-38-49/h1-38H. The van der Waals surface area contributed by atoms with Crippen molar-refractivity contribution in [2.24, 2.45) is 0 Å². The first-order valence-electron chi connectivity index (χ1n) is 22.4. The second kappa shape index (κ2) is 17.5. The molecule has 0 saturated heterocycles. The van der Waals surface area contributed by atoms with E-state index in [1.54, 1.807) is 0 Å². The van der Waals surface area contributed by atoms with E-state index in [1.165, 1.54) is 0 Å². The van der Waals surface area contributed by atoms with Crippen LogP contribution in [0.15, 0.2) is 231 Å². The van der Waals surface area contributed by atoms with E-state index < -0.39 is 0 Å². The Morgan fingerprint density at radius 1 is 0.250 bits per heavy atom. The van der Waals surface area contributed by atoms with E-state index in [9.17, 15) is 0 Å². The van der Waals surface area contributed by atoms with Gasteiger partial charge in [-0.3, -0.25) is 9.97 Å². The Balaban J connectivity index is 0.854. The minimum Gasteiger partial charge on any atom is -0.256 e. The van der Waals surface area contributed by atoms with E-state index in [4.69, 9.17) is 34.9 Å². The Morgan fingerprint density at radius 2 is 0.662 bits per heavy atom. The molecule has 0 unspecified atom stereocenters. The molecule has 8 heteroatoms. The molecule has 0 spiro atoms. The minimum atomic E-state index is 0.598. The fourth-order valence-electron chi connectivity index (χ4n) is 8.59. The summed E-state index contributed by atoms with van der Waals surface area (Å²) >= 11 is 0. The van der Waals surface area contributed by atoms with Crippen LogP contribution in [0.25, 0.3) is 124 Å². The summed E-state index contributed by atoms with van der Waals surface area (Å²) in [4.78, 5) is 39.3. The zero-order valence-corrected chi connectivity index (χ0v) is 36.5. The molecule has 0 aliphatic rings. The van der Waals surface area contributed by atoms with Gasteiger partial charge in [-0.1, -0.05) is 200 Å². The lowest BCUT2D eigenvalue weighted by molar-refractivity contribution is 1.07. The number of para-hydroxylation sites is 1. The molecular weight excluding hydrogens is 833 g/mol. The fourth-order valence-corrected chi connectivity index (χ4v) is 8.59. The van der Waals surface area contributed by atoms with E-state index in [0.29, 0.717) is 34.9 Å². The highest BCUT2D eigenvalue weighted by Crippen LogP contribution is 2.36. The molecule has 0 N–H and O–H groups in total. The summed E-state index contributed by atoms with van der Waals surface area (Å²) in [5.74, 6) is 3.67. The first-order valence-corrected chi connectivity index (χ1v) is 22.4. The van der Waals surface area contributed by atoms with Crippen LogP contribution >= 0.6 is 0 Å². The van der Waals surface area contributed by atoms with Crippen LogP contribution in [0.5, 0.6) is 0 Å². The molecule has 4 heterocycles. The lowest BCUT2D eigenvalue weighted by Gasteiger charge is -2.12. The highest BCUT2D eigenvalue weighted by molar-refractivity contribution is 6.03. The van der Waals surface area contributed by atoms with E-state index >= 15 is 0 Å². The number of pyridine rings is 2. The van der Waals surface area contributed by atoms with Gasteiger partial charge in [0, 0.05) is 67.7 Å². The van der Waals surface area contributed by atoms with Crippen LogP contribution in [-0.2, 0) is 0 Å².